The molecule has 6 atom stereocenters. The minimum atomic E-state index is -4.28. The number of amides is 1. The van der Waals surface area contributed by atoms with Crippen molar-refractivity contribution in [2.45, 2.75) is 64.3 Å². The fourth-order valence-electron chi connectivity index (χ4n) is 4.22. The Morgan fingerprint density at radius 1 is 1.32 bits per heavy atom. The zero-order chi connectivity index (χ0) is 28.0. The van der Waals surface area contributed by atoms with Crippen molar-refractivity contribution >= 4 is 42.4 Å². The third-order valence-electron chi connectivity index (χ3n) is 6.42. The quantitative estimate of drug-likeness (QED) is 0.261. The fourth-order valence-corrected chi connectivity index (χ4v) is 5.87. The first-order valence-electron chi connectivity index (χ1n) is 11.8. The third kappa shape index (κ3) is 5.38. The van der Waals surface area contributed by atoms with Gasteiger partial charge in [0.15, 0.2) is 23.8 Å². The van der Waals surface area contributed by atoms with Crippen molar-refractivity contribution in [2.24, 2.45) is 5.41 Å². The monoisotopic (exact) mass is 557 g/mol. The van der Waals surface area contributed by atoms with E-state index in [1.165, 1.54) is 24.7 Å². The molecule has 2 aliphatic heterocycles. The van der Waals surface area contributed by atoms with Gasteiger partial charge in [-0.25, -0.2) is 9.55 Å². The molecule has 0 aromatic carbocycles. The molecule has 1 amide bonds. The molecule has 2 aromatic heterocycles. The maximum Gasteiger partial charge on any atom is 0.475 e. The molecule has 2 aliphatic rings. The molecule has 2 fully saturated rings. The lowest BCUT2D eigenvalue weighted by Gasteiger charge is -2.39. The number of hydrogen-bond donors (Lipinski definition) is 5. The van der Waals surface area contributed by atoms with Crippen LogP contribution in [0.5, 0.6) is 0 Å². The number of ether oxygens (including phenoxy) is 1. The van der Waals surface area contributed by atoms with Gasteiger partial charge < -0.3 is 31.7 Å². The van der Waals surface area contributed by atoms with Gasteiger partial charge in [-0.05, 0) is 13.8 Å². The standard InChI is InChI=1S/C21H32N7O9P/c1-10(29)5-6-24-17(31)14-20(2,3)8-35-38(33,37-14)34-7-11-13(30)21(4,32)18(36-11)28-9-25-12-15(22)26-19(23)27-16(12)28/h9,11,13-14,18,30,32H,5-8H2,1-4H3,(H,24,31)(H4,22,23,26,27)/t11-,13+,14+,18-,21?,38?/m1/s1. The largest absolute Gasteiger partial charge is 0.475 e. The summed E-state index contributed by atoms with van der Waals surface area (Å²) < 4.78 is 36.7. The van der Waals surface area contributed by atoms with E-state index in [2.05, 4.69) is 20.3 Å². The van der Waals surface area contributed by atoms with Crippen molar-refractivity contribution in [3.63, 3.8) is 0 Å². The molecular formula is C21H32N7O9P. The summed E-state index contributed by atoms with van der Waals surface area (Å²) in [6, 6.07) is 0. The Labute approximate surface area is 217 Å². The molecule has 2 aromatic rings. The topological polar surface area (TPSA) is 236 Å². The second kappa shape index (κ2) is 10.1. The maximum atomic E-state index is 13.2. The van der Waals surface area contributed by atoms with Crippen molar-refractivity contribution in [3.05, 3.63) is 6.33 Å². The number of nitrogen functional groups attached to an aromatic ring is 2. The number of carbonyl (C=O) groups excluding carboxylic acids is 2. The van der Waals surface area contributed by atoms with E-state index in [0.29, 0.717) is 0 Å². The minimum Gasteiger partial charge on any atom is -0.387 e. The van der Waals surface area contributed by atoms with Crippen molar-refractivity contribution < 1.29 is 42.7 Å². The molecule has 0 bridgehead atoms. The number of phosphoric acid groups is 1. The third-order valence-corrected chi connectivity index (χ3v) is 7.80. The summed E-state index contributed by atoms with van der Waals surface area (Å²) in [4.78, 5) is 35.9. The normalized spacial score (nSPS) is 32.9. The highest BCUT2D eigenvalue weighted by Crippen LogP contribution is 2.57. The van der Waals surface area contributed by atoms with Gasteiger partial charge in [-0.3, -0.25) is 27.7 Å². The van der Waals surface area contributed by atoms with Crippen molar-refractivity contribution in [3.8, 4) is 0 Å². The molecule has 210 valence electrons. The number of fused-ring (bicyclic) bond motifs is 1. The number of aromatic nitrogens is 4. The average molecular weight is 558 g/mol. The number of rotatable bonds is 8. The van der Waals surface area contributed by atoms with E-state index in [0.717, 1.165) is 0 Å². The molecule has 16 nitrogen and oxygen atoms in total. The number of nitrogens with zero attached hydrogens (tertiary/aromatic N) is 4. The molecule has 7 N–H and O–H groups in total. The maximum absolute atomic E-state index is 13.2. The SMILES string of the molecule is CC(=O)CCNC(=O)[C@@H]1OP(=O)(OC[C@H]2O[C@@H](n3cnc4c(N)nc(N)nc43)C(C)(O)[C@H]2O)OCC1(C)C. The van der Waals surface area contributed by atoms with Crippen LogP contribution in [0.15, 0.2) is 6.33 Å². The number of aliphatic hydroxyl groups excluding tert-OH is 1. The van der Waals surface area contributed by atoms with Crippen molar-refractivity contribution in [2.75, 3.05) is 31.2 Å². The molecule has 2 saturated heterocycles. The molecule has 0 radical (unpaired) electrons. The van der Waals surface area contributed by atoms with Crippen LogP contribution in [0.25, 0.3) is 11.2 Å². The summed E-state index contributed by atoms with van der Waals surface area (Å²) in [7, 11) is -4.28. The predicted octanol–water partition coefficient (Wildman–Crippen LogP) is -0.338. The van der Waals surface area contributed by atoms with Gasteiger partial charge >= 0.3 is 7.82 Å². The Balaban J connectivity index is 1.47. The summed E-state index contributed by atoms with van der Waals surface area (Å²) in [5, 5.41) is 24.5. The molecule has 2 unspecified atom stereocenters. The van der Waals surface area contributed by atoms with E-state index in [4.69, 9.17) is 29.8 Å². The van der Waals surface area contributed by atoms with Gasteiger partial charge in [0.2, 0.25) is 11.9 Å². The molecule has 0 aliphatic carbocycles. The van der Waals surface area contributed by atoms with Crippen LogP contribution in [-0.2, 0) is 32.5 Å². The van der Waals surface area contributed by atoms with E-state index in [-0.39, 0.29) is 48.3 Å². The van der Waals surface area contributed by atoms with E-state index in [9.17, 15) is 24.4 Å². The highest BCUT2D eigenvalue weighted by atomic mass is 31.2. The second-order valence-electron chi connectivity index (χ2n) is 10.2. The first-order valence-corrected chi connectivity index (χ1v) is 13.3. The van der Waals surface area contributed by atoms with E-state index < -0.39 is 55.9 Å². The minimum absolute atomic E-state index is 0.0248. The zero-order valence-electron chi connectivity index (χ0n) is 21.4. The number of phosphoric ester groups is 1. The van der Waals surface area contributed by atoms with Gasteiger partial charge in [0.05, 0.1) is 19.5 Å². The number of nitrogens with one attached hydrogen (secondary N) is 1. The second-order valence-corrected chi connectivity index (χ2v) is 11.8. The summed E-state index contributed by atoms with van der Waals surface area (Å²) in [6.07, 6.45) is -3.68. The molecular weight excluding hydrogens is 525 g/mol. The summed E-state index contributed by atoms with van der Waals surface area (Å²) >= 11 is 0. The smallest absolute Gasteiger partial charge is 0.387 e. The number of anilines is 2. The van der Waals surface area contributed by atoms with Crippen LogP contribution in [0, 0.1) is 5.41 Å². The van der Waals surface area contributed by atoms with Gasteiger partial charge in [0.25, 0.3) is 0 Å². The molecule has 4 rings (SSSR count). The first kappa shape index (κ1) is 28.3. The van der Waals surface area contributed by atoms with Crippen LogP contribution in [0.4, 0.5) is 11.8 Å². The van der Waals surface area contributed by atoms with E-state index in [1.807, 2.05) is 0 Å². The summed E-state index contributed by atoms with van der Waals surface area (Å²) in [5.41, 5.74) is 9.19. The van der Waals surface area contributed by atoms with Crippen LogP contribution >= 0.6 is 7.82 Å². The van der Waals surface area contributed by atoms with Crippen LogP contribution in [0.1, 0.15) is 40.3 Å². The average Bonchev–Trinajstić information content (AvgIpc) is 3.32. The van der Waals surface area contributed by atoms with E-state index >= 15 is 0 Å². The number of imidazole rings is 1. The molecule has 0 spiro atoms. The Morgan fingerprint density at radius 3 is 2.71 bits per heavy atom. The van der Waals surface area contributed by atoms with Crippen LogP contribution < -0.4 is 16.8 Å². The fraction of sp³-hybridized carbons (Fsp3) is 0.667. The zero-order valence-corrected chi connectivity index (χ0v) is 22.3. The lowest BCUT2D eigenvalue weighted by molar-refractivity contribution is -0.142. The molecule has 0 saturated carbocycles. The lowest BCUT2D eigenvalue weighted by atomic mass is 9.87. The Kier molecular flexibility index (Phi) is 7.53. The number of aliphatic hydroxyl groups is 2. The Bertz CT molecular complexity index is 1280. The molecule has 17 heteroatoms. The van der Waals surface area contributed by atoms with Gasteiger partial charge in [-0.2, -0.15) is 9.97 Å². The lowest BCUT2D eigenvalue weighted by Crippen LogP contribution is -2.50. The van der Waals surface area contributed by atoms with Gasteiger partial charge in [-0.15, -0.1) is 0 Å². The van der Waals surface area contributed by atoms with Crippen LogP contribution in [0.2, 0.25) is 0 Å². The first-order chi connectivity index (χ1) is 17.6. The number of carbonyl (C=O) groups is 2. The van der Waals surface area contributed by atoms with Gasteiger partial charge in [0.1, 0.15) is 29.1 Å². The Morgan fingerprint density at radius 2 is 2.03 bits per heavy atom. The molecule has 4 heterocycles. The molecule has 38 heavy (non-hydrogen) atoms. The van der Waals surface area contributed by atoms with Crippen molar-refractivity contribution in [1.82, 2.24) is 24.8 Å². The number of nitrogens with two attached hydrogens (primary N) is 2. The highest BCUT2D eigenvalue weighted by molar-refractivity contribution is 7.48. The van der Waals surface area contributed by atoms with Crippen LogP contribution in [0.3, 0.4) is 0 Å². The van der Waals surface area contributed by atoms with Gasteiger partial charge in [0, 0.05) is 18.4 Å². The van der Waals surface area contributed by atoms with Gasteiger partial charge in [-0.1, -0.05) is 13.8 Å². The number of ketones is 1. The predicted molar refractivity (Wildman–Crippen MR) is 131 cm³/mol. The van der Waals surface area contributed by atoms with Crippen LogP contribution in [-0.4, -0.2) is 85.1 Å². The Hall–Kier alpha value is -2.72. The number of hydrogen-bond acceptors (Lipinski definition) is 14. The highest BCUT2D eigenvalue weighted by Gasteiger charge is 2.55. The van der Waals surface area contributed by atoms with Crippen molar-refractivity contribution in [1.29, 1.82) is 0 Å². The number of Topliss-reactive ketones (excluding diaryl/α,β-unsaturated/α-hetero) is 1. The summed E-state index contributed by atoms with van der Waals surface area (Å²) in [6.45, 7) is 5.56. The van der Waals surface area contributed by atoms with E-state index in [1.54, 1.807) is 13.8 Å². The summed E-state index contributed by atoms with van der Waals surface area (Å²) in [5.74, 6) is -0.769.